The molecule has 3 heterocycles. The van der Waals surface area contributed by atoms with Crippen LogP contribution in [0, 0.1) is 0 Å². The van der Waals surface area contributed by atoms with Gasteiger partial charge in [0, 0.05) is 50.0 Å². The quantitative estimate of drug-likeness (QED) is 0.173. The predicted molar refractivity (Wildman–Crippen MR) is 207 cm³/mol. The summed E-state index contributed by atoms with van der Waals surface area (Å²) in [7, 11) is 0. The second-order valence-corrected chi connectivity index (χ2v) is 12.7. The van der Waals surface area contributed by atoms with Crippen LogP contribution < -0.4 is 0 Å². The van der Waals surface area contributed by atoms with Gasteiger partial charge in [0.1, 0.15) is 11.2 Å². The maximum Gasteiger partial charge on any atom is 0.164 e. The molecule has 0 bridgehead atoms. The molecule has 0 saturated heterocycles. The summed E-state index contributed by atoms with van der Waals surface area (Å²) in [6.07, 6.45) is 1.86. The Morgan fingerprint density at radius 3 is 1.78 bits per heavy atom. The zero-order valence-electron chi connectivity index (χ0n) is 27.4. The van der Waals surface area contributed by atoms with Gasteiger partial charge in [0.2, 0.25) is 0 Å². The number of hydrogen-bond acceptors (Lipinski definition) is 5. The van der Waals surface area contributed by atoms with Gasteiger partial charge in [0.15, 0.2) is 17.5 Å². The van der Waals surface area contributed by atoms with Crippen molar-refractivity contribution in [3.63, 3.8) is 0 Å². The largest absolute Gasteiger partial charge is 0.455 e. The van der Waals surface area contributed by atoms with Gasteiger partial charge >= 0.3 is 0 Å². The van der Waals surface area contributed by atoms with E-state index in [1.54, 1.807) is 0 Å². The van der Waals surface area contributed by atoms with Crippen molar-refractivity contribution in [3.8, 4) is 56.4 Å². The van der Waals surface area contributed by atoms with Crippen molar-refractivity contribution >= 4 is 43.6 Å². The molecular weight excluding hydrogens is 625 g/mol. The molecule has 0 N–H and O–H groups in total. The maximum absolute atomic E-state index is 6.60. The fourth-order valence-corrected chi connectivity index (χ4v) is 7.01. The second-order valence-electron chi connectivity index (χ2n) is 12.7. The molecule has 0 atom stereocenters. The van der Waals surface area contributed by atoms with Crippen molar-refractivity contribution in [1.82, 2.24) is 19.9 Å². The minimum atomic E-state index is 0.607. The fraction of sp³-hybridized carbons (Fsp3) is 0. The monoisotopic (exact) mass is 652 g/mol. The first-order valence-corrected chi connectivity index (χ1v) is 17.0. The Morgan fingerprint density at radius 2 is 1.00 bits per heavy atom. The standard InChI is InChI=1S/C46H28N4O/c1-3-11-31(12-4-1)44-48-45(32-13-5-2-6-14-32)50-46(49-44)35-16-9-15-34(25-35)39-27-36(28-40-37-18-7-8-19-41(37)51-43(39)40)33-23-21-29-20-22-30-17-10-24-47-42(30)38(29)26-33/h1-28H. The number of nitrogens with zero attached hydrogens (tertiary/aromatic N) is 4. The minimum Gasteiger partial charge on any atom is -0.455 e. The number of furan rings is 1. The lowest BCUT2D eigenvalue weighted by Gasteiger charge is -2.12. The Morgan fingerprint density at radius 1 is 0.373 bits per heavy atom. The zero-order valence-corrected chi connectivity index (χ0v) is 27.4. The lowest BCUT2D eigenvalue weighted by Crippen LogP contribution is -2.00. The van der Waals surface area contributed by atoms with Crippen LogP contribution in [0.5, 0.6) is 0 Å². The zero-order chi connectivity index (χ0) is 33.7. The molecule has 3 aromatic heterocycles. The van der Waals surface area contributed by atoms with Crippen molar-refractivity contribution in [3.05, 3.63) is 170 Å². The highest BCUT2D eigenvalue weighted by Crippen LogP contribution is 2.41. The molecule has 10 aromatic rings. The van der Waals surface area contributed by atoms with E-state index in [-0.39, 0.29) is 0 Å². The first kappa shape index (κ1) is 29.0. The number of fused-ring (bicyclic) bond motifs is 6. The van der Waals surface area contributed by atoms with Crippen LogP contribution >= 0.6 is 0 Å². The summed E-state index contributed by atoms with van der Waals surface area (Å²) < 4.78 is 6.60. The van der Waals surface area contributed by atoms with E-state index in [9.17, 15) is 0 Å². The van der Waals surface area contributed by atoms with E-state index in [1.165, 1.54) is 0 Å². The Kier molecular flexibility index (Phi) is 6.74. The van der Waals surface area contributed by atoms with Crippen LogP contribution in [0.2, 0.25) is 0 Å². The Bertz CT molecular complexity index is 2860. The van der Waals surface area contributed by atoms with Gasteiger partial charge in [-0.25, -0.2) is 15.0 Å². The highest BCUT2D eigenvalue weighted by molar-refractivity contribution is 6.12. The fourth-order valence-electron chi connectivity index (χ4n) is 7.01. The summed E-state index contributed by atoms with van der Waals surface area (Å²) in [4.78, 5) is 19.6. The van der Waals surface area contributed by atoms with Crippen LogP contribution in [0.3, 0.4) is 0 Å². The molecule has 5 nitrogen and oxygen atoms in total. The smallest absolute Gasteiger partial charge is 0.164 e. The molecule has 0 amide bonds. The summed E-state index contributed by atoms with van der Waals surface area (Å²) in [5.74, 6) is 1.87. The Labute approximate surface area is 293 Å². The van der Waals surface area contributed by atoms with Crippen LogP contribution in [0.4, 0.5) is 0 Å². The van der Waals surface area contributed by atoms with Crippen molar-refractivity contribution in [1.29, 1.82) is 0 Å². The second kappa shape index (κ2) is 11.9. The minimum absolute atomic E-state index is 0.607. The number of benzene rings is 7. The van der Waals surface area contributed by atoms with Crippen LogP contribution in [0.15, 0.2) is 174 Å². The van der Waals surface area contributed by atoms with Crippen LogP contribution in [0.25, 0.3) is 100 Å². The summed E-state index contributed by atoms with van der Waals surface area (Å²) >= 11 is 0. The molecule has 0 fully saturated rings. The van der Waals surface area contributed by atoms with Gasteiger partial charge in [-0.15, -0.1) is 0 Å². The number of pyridine rings is 1. The molecular formula is C46H28N4O. The maximum atomic E-state index is 6.60. The van der Waals surface area contributed by atoms with Crippen molar-refractivity contribution < 1.29 is 4.42 Å². The van der Waals surface area contributed by atoms with Gasteiger partial charge in [-0.1, -0.05) is 127 Å². The summed E-state index contributed by atoms with van der Waals surface area (Å²) in [5, 5.41) is 5.56. The highest BCUT2D eigenvalue weighted by atomic mass is 16.3. The van der Waals surface area contributed by atoms with E-state index in [1.807, 2.05) is 85.1 Å². The van der Waals surface area contributed by atoms with Gasteiger partial charge in [-0.05, 0) is 58.5 Å². The molecule has 0 saturated carbocycles. The van der Waals surface area contributed by atoms with Crippen LogP contribution in [-0.4, -0.2) is 19.9 Å². The molecule has 0 unspecified atom stereocenters. The van der Waals surface area contributed by atoms with Gasteiger partial charge in [-0.2, -0.15) is 0 Å². The predicted octanol–water partition coefficient (Wildman–Crippen LogP) is 11.8. The summed E-state index contributed by atoms with van der Waals surface area (Å²) in [6.45, 7) is 0. The van der Waals surface area contributed by atoms with Crippen LogP contribution in [0.1, 0.15) is 0 Å². The summed E-state index contributed by atoms with van der Waals surface area (Å²) in [6, 6.07) is 56.3. The SMILES string of the molecule is c1ccc(-c2nc(-c3ccccc3)nc(-c3cccc(-c4cc(-c5ccc6ccc7cccnc7c6c5)cc5c4oc4ccccc45)c3)n2)cc1. The van der Waals surface area contributed by atoms with E-state index in [2.05, 4.69) is 84.9 Å². The average Bonchev–Trinajstić information content (AvgIpc) is 3.59. The number of aromatic nitrogens is 4. The van der Waals surface area contributed by atoms with Crippen molar-refractivity contribution in [2.24, 2.45) is 0 Å². The third-order valence-corrected chi connectivity index (χ3v) is 9.53. The highest BCUT2D eigenvalue weighted by Gasteiger charge is 2.18. The van der Waals surface area contributed by atoms with Gasteiger partial charge < -0.3 is 4.42 Å². The molecule has 238 valence electrons. The average molecular weight is 653 g/mol. The molecule has 5 heteroatoms. The van der Waals surface area contributed by atoms with Crippen molar-refractivity contribution in [2.75, 3.05) is 0 Å². The van der Waals surface area contributed by atoms with Gasteiger partial charge in [-0.3, -0.25) is 4.98 Å². The molecule has 0 aliphatic rings. The number of para-hydroxylation sites is 1. The van der Waals surface area contributed by atoms with E-state index in [4.69, 9.17) is 24.4 Å². The molecule has 7 aromatic carbocycles. The van der Waals surface area contributed by atoms with Crippen molar-refractivity contribution in [2.45, 2.75) is 0 Å². The number of hydrogen-bond donors (Lipinski definition) is 0. The first-order valence-electron chi connectivity index (χ1n) is 17.0. The Balaban J connectivity index is 1.17. The third kappa shape index (κ3) is 5.11. The molecule has 0 spiro atoms. The first-order chi connectivity index (χ1) is 25.2. The molecule has 51 heavy (non-hydrogen) atoms. The van der Waals surface area contributed by atoms with Gasteiger partial charge in [0.05, 0.1) is 5.52 Å². The van der Waals surface area contributed by atoms with Gasteiger partial charge in [0.25, 0.3) is 0 Å². The lowest BCUT2D eigenvalue weighted by molar-refractivity contribution is 0.670. The van der Waals surface area contributed by atoms with E-state index in [0.29, 0.717) is 17.5 Å². The van der Waals surface area contributed by atoms with E-state index < -0.39 is 0 Å². The van der Waals surface area contributed by atoms with E-state index >= 15 is 0 Å². The molecule has 0 aliphatic heterocycles. The normalized spacial score (nSPS) is 11.5. The topological polar surface area (TPSA) is 64.7 Å². The lowest BCUT2D eigenvalue weighted by atomic mass is 9.93. The molecule has 0 radical (unpaired) electrons. The molecule has 0 aliphatic carbocycles. The van der Waals surface area contributed by atoms with E-state index in [0.717, 1.165) is 82.6 Å². The third-order valence-electron chi connectivity index (χ3n) is 9.53. The summed E-state index contributed by atoms with van der Waals surface area (Å²) in [5.41, 5.74) is 9.68. The van der Waals surface area contributed by atoms with Crippen LogP contribution in [-0.2, 0) is 0 Å². The Hall–Kier alpha value is -6.98. The molecule has 10 rings (SSSR count). The number of rotatable bonds is 5.